The second-order valence-electron chi connectivity index (χ2n) is 5.57. The van der Waals surface area contributed by atoms with Gasteiger partial charge in [-0.05, 0) is 17.9 Å². The predicted molar refractivity (Wildman–Crippen MR) is 80.1 cm³/mol. The summed E-state index contributed by atoms with van der Waals surface area (Å²) in [5, 5.41) is 3.88. The van der Waals surface area contributed by atoms with Crippen LogP contribution in [0.2, 0.25) is 5.02 Å². The van der Waals surface area contributed by atoms with Gasteiger partial charge in [0.1, 0.15) is 5.82 Å². The van der Waals surface area contributed by atoms with Gasteiger partial charge in [-0.25, -0.2) is 4.98 Å². The van der Waals surface area contributed by atoms with Crippen LogP contribution in [0.3, 0.4) is 0 Å². The molecule has 0 atom stereocenters. The van der Waals surface area contributed by atoms with Crippen molar-refractivity contribution in [3.63, 3.8) is 0 Å². The molecule has 0 aliphatic heterocycles. The lowest BCUT2D eigenvalue weighted by Crippen LogP contribution is -2.23. The molecule has 1 aromatic rings. The maximum Gasteiger partial charge on any atom is 0.149 e. The highest BCUT2D eigenvalue weighted by molar-refractivity contribution is 6.30. The molecular weight excluding hydrogens is 246 g/mol. The van der Waals surface area contributed by atoms with Crippen molar-refractivity contribution >= 4 is 23.1 Å². The van der Waals surface area contributed by atoms with Crippen LogP contribution in [0.15, 0.2) is 12.3 Å². The summed E-state index contributed by atoms with van der Waals surface area (Å²) in [4.78, 5) is 4.21. The first-order chi connectivity index (χ1) is 8.44. The van der Waals surface area contributed by atoms with Crippen molar-refractivity contribution in [1.82, 2.24) is 4.98 Å². The van der Waals surface area contributed by atoms with Crippen LogP contribution in [0.25, 0.3) is 0 Å². The van der Waals surface area contributed by atoms with Gasteiger partial charge in [-0.1, -0.05) is 51.6 Å². The normalized spacial score (nSPS) is 11.6. The van der Waals surface area contributed by atoms with Crippen LogP contribution >= 0.6 is 11.6 Å². The third-order valence-electron chi connectivity index (χ3n) is 3.08. The summed E-state index contributed by atoms with van der Waals surface area (Å²) >= 11 is 5.82. The van der Waals surface area contributed by atoms with E-state index in [9.17, 15) is 0 Å². The minimum atomic E-state index is 0.253. The van der Waals surface area contributed by atoms with E-state index in [0.29, 0.717) is 10.7 Å². The second-order valence-corrected chi connectivity index (χ2v) is 6.00. The number of hydrogen-bond acceptors (Lipinski definition) is 3. The van der Waals surface area contributed by atoms with E-state index < -0.39 is 0 Å². The summed E-state index contributed by atoms with van der Waals surface area (Å²) in [5.74, 6) is 0.725. The van der Waals surface area contributed by atoms with E-state index in [4.69, 9.17) is 17.3 Å². The zero-order valence-corrected chi connectivity index (χ0v) is 12.3. The number of nitrogens with one attached hydrogen (secondary N) is 1. The molecule has 0 saturated heterocycles. The first kappa shape index (κ1) is 15.1. The highest BCUT2D eigenvalue weighted by Crippen LogP contribution is 2.26. The number of unbranched alkanes of at least 4 members (excludes halogenated alkanes) is 2. The van der Waals surface area contributed by atoms with Crippen LogP contribution in [-0.2, 0) is 0 Å². The SMILES string of the molecule is CCCCCC(C)(C)CNc1ncc(Cl)cc1N. The molecule has 1 aromatic heterocycles. The van der Waals surface area contributed by atoms with Crippen LogP contribution in [-0.4, -0.2) is 11.5 Å². The monoisotopic (exact) mass is 269 g/mol. The van der Waals surface area contributed by atoms with Gasteiger partial charge in [-0.2, -0.15) is 0 Å². The Hall–Kier alpha value is -0.960. The first-order valence-electron chi connectivity index (χ1n) is 6.59. The Balaban J connectivity index is 2.48. The molecule has 3 nitrogen and oxygen atoms in total. The topological polar surface area (TPSA) is 50.9 Å². The van der Waals surface area contributed by atoms with Gasteiger partial charge in [-0.3, -0.25) is 0 Å². The van der Waals surface area contributed by atoms with Crippen molar-refractivity contribution in [2.24, 2.45) is 5.41 Å². The Morgan fingerprint density at radius 2 is 2.11 bits per heavy atom. The molecule has 18 heavy (non-hydrogen) atoms. The standard InChI is InChI=1S/C14H24ClN3/c1-4-5-6-7-14(2,3)10-18-13-12(16)8-11(15)9-17-13/h8-9H,4-7,10,16H2,1-3H3,(H,17,18). The lowest BCUT2D eigenvalue weighted by atomic mass is 9.87. The predicted octanol–water partition coefficient (Wildman–Crippen LogP) is 4.34. The van der Waals surface area contributed by atoms with Gasteiger partial charge in [0.05, 0.1) is 10.7 Å². The van der Waals surface area contributed by atoms with E-state index in [1.807, 2.05) is 0 Å². The Morgan fingerprint density at radius 1 is 1.39 bits per heavy atom. The molecule has 0 bridgehead atoms. The largest absolute Gasteiger partial charge is 0.396 e. The molecule has 3 N–H and O–H groups in total. The van der Waals surface area contributed by atoms with Gasteiger partial charge in [0, 0.05) is 12.7 Å². The fourth-order valence-corrected chi connectivity index (χ4v) is 2.03. The average molecular weight is 270 g/mol. The molecule has 0 radical (unpaired) electrons. The molecule has 0 fully saturated rings. The molecule has 0 amide bonds. The smallest absolute Gasteiger partial charge is 0.149 e. The third kappa shape index (κ3) is 5.13. The van der Waals surface area contributed by atoms with Crippen LogP contribution < -0.4 is 11.1 Å². The van der Waals surface area contributed by atoms with E-state index in [0.717, 1.165) is 12.4 Å². The van der Waals surface area contributed by atoms with Gasteiger partial charge >= 0.3 is 0 Å². The fraction of sp³-hybridized carbons (Fsp3) is 0.643. The van der Waals surface area contributed by atoms with E-state index in [2.05, 4.69) is 31.1 Å². The summed E-state index contributed by atoms with van der Waals surface area (Å²) in [6.45, 7) is 7.63. The minimum absolute atomic E-state index is 0.253. The van der Waals surface area contributed by atoms with E-state index in [-0.39, 0.29) is 5.41 Å². The summed E-state index contributed by atoms with van der Waals surface area (Å²) in [5.41, 5.74) is 6.72. The molecule has 1 rings (SSSR count). The summed E-state index contributed by atoms with van der Waals surface area (Å²) < 4.78 is 0. The molecule has 0 unspecified atom stereocenters. The van der Waals surface area contributed by atoms with E-state index >= 15 is 0 Å². The Labute approximate surface area is 115 Å². The molecule has 1 heterocycles. The van der Waals surface area contributed by atoms with Crippen LogP contribution in [0.5, 0.6) is 0 Å². The Kier molecular flexibility index (Phi) is 5.73. The van der Waals surface area contributed by atoms with Gasteiger partial charge < -0.3 is 11.1 Å². The lowest BCUT2D eigenvalue weighted by Gasteiger charge is -2.25. The average Bonchev–Trinajstić information content (AvgIpc) is 2.28. The van der Waals surface area contributed by atoms with E-state index in [1.54, 1.807) is 12.3 Å². The second kappa shape index (κ2) is 6.83. The fourth-order valence-electron chi connectivity index (χ4n) is 1.87. The number of hydrogen-bond donors (Lipinski definition) is 2. The molecule has 0 aliphatic carbocycles. The van der Waals surface area contributed by atoms with Crippen molar-refractivity contribution in [3.8, 4) is 0 Å². The molecule has 4 heteroatoms. The Bertz CT molecular complexity index is 377. The first-order valence-corrected chi connectivity index (χ1v) is 6.97. The summed E-state index contributed by atoms with van der Waals surface area (Å²) in [7, 11) is 0. The maximum atomic E-state index is 5.86. The summed E-state index contributed by atoms with van der Waals surface area (Å²) in [6.07, 6.45) is 6.65. The third-order valence-corrected chi connectivity index (χ3v) is 3.28. The number of nitrogens with two attached hydrogens (primary N) is 1. The quantitative estimate of drug-likeness (QED) is 0.724. The van der Waals surface area contributed by atoms with Crippen LogP contribution in [0.1, 0.15) is 46.5 Å². The molecule has 0 spiro atoms. The molecule has 102 valence electrons. The number of halogens is 1. The summed E-state index contributed by atoms with van der Waals surface area (Å²) in [6, 6.07) is 1.72. The number of pyridine rings is 1. The molecular formula is C14H24ClN3. The van der Waals surface area contributed by atoms with Crippen molar-refractivity contribution in [3.05, 3.63) is 17.3 Å². The molecule has 0 aliphatic rings. The highest BCUT2D eigenvalue weighted by Gasteiger charge is 2.17. The van der Waals surface area contributed by atoms with Gasteiger partial charge in [0.2, 0.25) is 0 Å². The van der Waals surface area contributed by atoms with Crippen molar-refractivity contribution < 1.29 is 0 Å². The van der Waals surface area contributed by atoms with Crippen LogP contribution in [0, 0.1) is 5.41 Å². The minimum Gasteiger partial charge on any atom is -0.396 e. The molecule has 0 saturated carbocycles. The maximum absolute atomic E-state index is 5.86. The number of anilines is 2. The number of aromatic nitrogens is 1. The number of nitrogen functional groups attached to an aromatic ring is 1. The number of rotatable bonds is 7. The zero-order valence-electron chi connectivity index (χ0n) is 11.6. The number of nitrogens with zero attached hydrogens (tertiary/aromatic N) is 1. The lowest BCUT2D eigenvalue weighted by molar-refractivity contribution is 0.342. The molecule has 0 aromatic carbocycles. The van der Waals surface area contributed by atoms with Crippen molar-refractivity contribution in [2.75, 3.05) is 17.6 Å². The van der Waals surface area contributed by atoms with Crippen molar-refractivity contribution in [1.29, 1.82) is 0 Å². The van der Waals surface area contributed by atoms with Crippen LogP contribution in [0.4, 0.5) is 11.5 Å². The van der Waals surface area contributed by atoms with Gasteiger partial charge in [-0.15, -0.1) is 0 Å². The van der Waals surface area contributed by atoms with Crippen molar-refractivity contribution in [2.45, 2.75) is 46.5 Å². The highest BCUT2D eigenvalue weighted by atomic mass is 35.5. The van der Waals surface area contributed by atoms with E-state index in [1.165, 1.54) is 25.7 Å². The zero-order chi connectivity index (χ0) is 13.6. The van der Waals surface area contributed by atoms with Gasteiger partial charge in [0.25, 0.3) is 0 Å². The van der Waals surface area contributed by atoms with Gasteiger partial charge in [0.15, 0.2) is 0 Å². The Morgan fingerprint density at radius 3 is 2.72 bits per heavy atom.